The number of nitrogens with zero attached hydrogens (tertiary/aromatic N) is 4. The molecule has 1 aromatic heterocycles. The molecular formula is C26H19F2N5O4S. The SMILES string of the molecule is CC(=Nn1c(-c2ccc3c(c2)NC(=O)CO3)csc1=Nc1ccc(F)cc1F)c1ccc(C)c([N+](=O)[O-])c1. The lowest BCUT2D eigenvalue weighted by molar-refractivity contribution is -0.385. The van der Waals surface area contributed by atoms with Gasteiger partial charge in [-0.1, -0.05) is 12.1 Å². The van der Waals surface area contributed by atoms with Gasteiger partial charge in [0.15, 0.2) is 12.4 Å². The van der Waals surface area contributed by atoms with Crippen molar-refractivity contribution < 1.29 is 23.2 Å². The molecule has 0 unspecified atom stereocenters. The highest BCUT2D eigenvalue weighted by atomic mass is 32.1. The van der Waals surface area contributed by atoms with Crippen LogP contribution in [0.25, 0.3) is 11.3 Å². The second-order valence-corrected chi connectivity index (χ2v) is 9.25. The van der Waals surface area contributed by atoms with Crippen LogP contribution in [-0.2, 0) is 4.79 Å². The number of hydrogen-bond acceptors (Lipinski definition) is 7. The molecule has 1 amide bonds. The van der Waals surface area contributed by atoms with Crippen LogP contribution in [0.5, 0.6) is 5.75 Å². The zero-order chi connectivity index (χ0) is 27.0. The molecule has 1 N–H and O–H groups in total. The van der Waals surface area contributed by atoms with Crippen molar-refractivity contribution in [3.63, 3.8) is 0 Å². The third-order valence-electron chi connectivity index (χ3n) is 5.79. The first-order valence-corrected chi connectivity index (χ1v) is 12.2. The Bertz CT molecular complexity index is 1710. The molecule has 1 aliphatic rings. The average Bonchev–Trinajstić information content (AvgIpc) is 3.27. The third-order valence-corrected chi connectivity index (χ3v) is 6.61. The molecule has 192 valence electrons. The second-order valence-electron chi connectivity index (χ2n) is 8.41. The molecule has 9 nitrogen and oxygen atoms in total. The molecule has 0 fully saturated rings. The largest absolute Gasteiger partial charge is 0.482 e. The van der Waals surface area contributed by atoms with E-state index < -0.39 is 16.6 Å². The zero-order valence-electron chi connectivity index (χ0n) is 20.1. The van der Waals surface area contributed by atoms with Crippen molar-refractivity contribution in [2.45, 2.75) is 13.8 Å². The maximum Gasteiger partial charge on any atom is 0.272 e. The maximum atomic E-state index is 14.4. The molecule has 0 saturated heterocycles. The number of nitrogens with one attached hydrogen (secondary N) is 1. The summed E-state index contributed by atoms with van der Waals surface area (Å²) < 4.78 is 34.8. The molecule has 0 radical (unpaired) electrons. The molecule has 0 spiro atoms. The molecule has 0 aliphatic carbocycles. The van der Waals surface area contributed by atoms with Gasteiger partial charge in [-0.15, -0.1) is 11.3 Å². The summed E-state index contributed by atoms with van der Waals surface area (Å²) in [5.41, 5.74) is 3.01. The number of hydrogen-bond donors (Lipinski definition) is 1. The van der Waals surface area contributed by atoms with Gasteiger partial charge in [0.1, 0.15) is 17.3 Å². The van der Waals surface area contributed by atoms with Crippen molar-refractivity contribution in [3.8, 4) is 17.0 Å². The molecule has 38 heavy (non-hydrogen) atoms. The van der Waals surface area contributed by atoms with Crippen molar-refractivity contribution in [2.75, 3.05) is 11.9 Å². The Hall–Kier alpha value is -4.71. The van der Waals surface area contributed by atoms with Crippen LogP contribution >= 0.6 is 11.3 Å². The number of amides is 1. The van der Waals surface area contributed by atoms with Crippen LogP contribution in [0, 0.1) is 28.7 Å². The number of aryl methyl sites for hydroxylation is 1. The van der Waals surface area contributed by atoms with Gasteiger partial charge in [0.05, 0.1) is 22.0 Å². The quantitative estimate of drug-likeness (QED) is 0.205. The van der Waals surface area contributed by atoms with E-state index in [0.29, 0.717) is 39.5 Å². The van der Waals surface area contributed by atoms with Crippen molar-refractivity contribution in [3.05, 3.63) is 97.7 Å². The van der Waals surface area contributed by atoms with E-state index in [9.17, 15) is 23.7 Å². The summed E-state index contributed by atoms with van der Waals surface area (Å²) in [6, 6.07) is 13.1. The number of nitro benzene ring substituents is 1. The van der Waals surface area contributed by atoms with E-state index in [-0.39, 0.29) is 28.7 Å². The normalized spacial score (nSPS) is 13.6. The predicted molar refractivity (Wildman–Crippen MR) is 139 cm³/mol. The van der Waals surface area contributed by atoms with Crippen LogP contribution in [0.1, 0.15) is 18.1 Å². The van der Waals surface area contributed by atoms with E-state index in [1.165, 1.54) is 28.1 Å². The molecular weight excluding hydrogens is 516 g/mol. The number of carbonyl (C=O) groups is 1. The lowest BCUT2D eigenvalue weighted by atomic mass is 10.1. The highest BCUT2D eigenvalue weighted by Gasteiger charge is 2.19. The summed E-state index contributed by atoms with van der Waals surface area (Å²) >= 11 is 1.17. The minimum absolute atomic E-state index is 0.0451. The fourth-order valence-electron chi connectivity index (χ4n) is 3.83. The number of halogens is 2. The number of thiazole rings is 1. The first-order valence-electron chi connectivity index (χ1n) is 11.3. The molecule has 3 aromatic carbocycles. The molecule has 5 rings (SSSR count). The van der Waals surface area contributed by atoms with E-state index in [1.807, 2.05) is 0 Å². The monoisotopic (exact) mass is 535 g/mol. The fourth-order valence-corrected chi connectivity index (χ4v) is 4.67. The number of carbonyl (C=O) groups excluding carboxylic acids is 1. The van der Waals surface area contributed by atoms with Gasteiger partial charge in [-0.2, -0.15) is 5.10 Å². The summed E-state index contributed by atoms with van der Waals surface area (Å²) in [6.45, 7) is 3.25. The second kappa shape index (κ2) is 9.98. The molecule has 2 heterocycles. The van der Waals surface area contributed by atoms with E-state index in [0.717, 1.165) is 12.1 Å². The molecule has 0 bridgehead atoms. The summed E-state index contributed by atoms with van der Waals surface area (Å²) in [6.07, 6.45) is 0. The van der Waals surface area contributed by atoms with Crippen molar-refractivity contribution >= 4 is 40.0 Å². The summed E-state index contributed by atoms with van der Waals surface area (Å²) in [5, 5.41) is 20.6. The van der Waals surface area contributed by atoms with Gasteiger partial charge >= 0.3 is 0 Å². The Labute approximate surface area is 218 Å². The Morgan fingerprint density at radius 3 is 2.74 bits per heavy atom. The minimum Gasteiger partial charge on any atom is -0.482 e. The maximum absolute atomic E-state index is 14.4. The van der Waals surface area contributed by atoms with Gasteiger partial charge in [0, 0.05) is 34.2 Å². The van der Waals surface area contributed by atoms with Crippen LogP contribution < -0.4 is 14.9 Å². The number of ether oxygens (including phenoxy) is 1. The number of aromatic nitrogens is 1. The van der Waals surface area contributed by atoms with Crippen LogP contribution in [-0.4, -0.2) is 27.8 Å². The molecule has 12 heteroatoms. The Kier molecular flexibility index (Phi) is 6.55. The first-order chi connectivity index (χ1) is 18.2. The fraction of sp³-hybridized carbons (Fsp3) is 0.115. The highest BCUT2D eigenvalue weighted by molar-refractivity contribution is 7.07. The van der Waals surface area contributed by atoms with Crippen molar-refractivity contribution in [2.24, 2.45) is 10.1 Å². The molecule has 0 atom stereocenters. The van der Waals surface area contributed by atoms with Crippen LogP contribution in [0.2, 0.25) is 0 Å². The van der Waals surface area contributed by atoms with Gasteiger partial charge in [0.25, 0.3) is 11.6 Å². The highest BCUT2D eigenvalue weighted by Crippen LogP contribution is 2.33. The summed E-state index contributed by atoms with van der Waals surface area (Å²) in [5.74, 6) is -1.34. The molecule has 1 aliphatic heterocycles. The standard InChI is InChI=1S/C26H19F2N5O4S/c1-14-3-4-16(10-22(14)33(35)36)15(2)31-32-23(17-5-8-24-21(9-17)29-25(34)12-37-24)13-38-26(32)30-20-7-6-18(27)11-19(20)28/h3-11,13H,12H2,1-2H3,(H,29,34). The Morgan fingerprint density at radius 1 is 1.16 bits per heavy atom. The van der Waals surface area contributed by atoms with Crippen LogP contribution in [0.15, 0.2) is 70.1 Å². The minimum atomic E-state index is -0.838. The van der Waals surface area contributed by atoms with Gasteiger partial charge in [-0.3, -0.25) is 14.9 Å². The smallest absolute Gasteiger partial charge is 0.272 e. The number of benzene rings is 3. The van der Waals surface area contributed by atoms with Gasteiger partial charge in [-0.05, 0) is 44.2 Å². The van der Waals surface area contributed by atoms with Gasteiger partial charge in [-0.25, -0.2) is 18.4 Å². The topological polar surface area (TPSA) is 111 Å². The predicted octanol–water partition coefficient (Wildman–Crippen LogP) is 5.55. The average molecular weight is 536 g/mol. The molecule has 0 saturated carbocycles. The Balaban J connectivity index is 1.68. The van der Waals surface area contributed by atoms with E-state index >= 15 is 0 Å². The summed E-state index contributed by atoms with van der Waals surface area (Å²) in [7, 11) is 0. The van der Waals surface area contributed by atoms with Gasteiger partial charge < -0.3 is 10.1 Å². The van der Waals surface area contributed by atoms with Crippen LogP contribution in [0.3, 0.4) is 0 Å². The number of fused-ring (bicyclic) bond motifs is 1. The number of rotatable bonds is 5. The Morgan fingerprint density at radius 2 is 1.97 bits per heavy atom. The van der Waals surface area contributed by atoms with E-state index in [2.05, 4.69) is 15.4 Å². The first kappa shape index (κ1) is 25.0. The zero-order valence-corrected chi connectivity index (χ0v) is 20.9. The van der Waals surface area contributed by atoms with Gasteiger partial charge in [0.2, 0.25) is 4.80 Å². The van der Waals surface area contributed by atoms with Crippen molar-refractivity contribution in [1.29, 1.82) is 0 Å². The lowest BCUT2D eigenvalue weighted by Gasteiger charge is -2.18. The molecule has 4 aromatic rings. The van der Waals surface area contributed by atoms with Crippen LogP contribution in [0.4, 0.5) is 25.8 Å². The number of nitro groups is 1. The van der Waals surface area contributed by atoms with Crippen molar-refractivity contribution in [1.82, 2.24) is 4.68 Å². The third kappa shape index (κ3) is 4.93. The van der Waals surface area contributed by atoms with E-state index in [1.54, 1.807) is 49.6 Å². The number of anilines is 1. The van der Waals surface area contributed by atoms with E-state index in [4.69, 9.17) is 4.74 Å². The lowest BCUT2D eigenvalue weighted by Crippen LogP contribution is -2.25. The summed E-state index contributed by atoms with van der Waals surface area (Å²) in [4.78, 5) is 27.4.